The maximum absolute atomic E-state index is 12.0. The predicted octanol–water partition coefficient (Wildman–Crippen LogP) is 11.4. The highest BCUT2D eigenvalue weighted by Crippen LogP contribution is 2.56. The average molecular weight is 794 g/mol. The Kier molecular flexibility index (Phi) is 15.2. The van der Waals surface area contributed by atoms with Gasteiger partial charge >= 0.3 is 0 Å². The van der Waals surface area contributed by atoms with E-state index < -0.39 is 58.3 Å². The van der Waals surface area contributed by atoms with Gasteiger partial charge in [-0.3, -0.25) is 0 Å². The van der Waals surface area contributed by atoms with Gasteiger partial charge in [0.15, 0.2) is 34.5 Å². The van der Waals surface area contributed by atoms with Crippen LogP contribution in [0.1, 0.15) is 38.3 Å². The summed E-state index contributed by atoms with van der Waals surface area (Å²) in [5.41, 5.74) is 3.26. The van der Waals surface area contributed by atoms with E-state index >= 15 is 0 Å². The monoisotopic (exact) mass is 793 g/mol. The van der Waals surface area contributed by atoms with Crippen molar-refractivity contribution in [2.45, 2.75) is 27.2 Å². The fourth-order valence-corrected chi connectivity index (χ4v) is 6.71. The number of phenols is 4. The molecule has 9 heteroatoms. The zero-order chi connectivity index (χ0) is 43.4. The van der Waals surface area contributed by atoms with Crippen molar-refractivity contribution in [2.75, 3.05) is 18.1 Å². The van der Waals surface area contributed by atoms with Gasteiger partial charge in [-0.15, -0.1) is 0 Å². The van der Waals surface area contributed by atoms with Gasteiger partial charge in [0.1, 0.15) is 11.4 Å². The van der Waals surface area contributed by atoms with Crippen LogP contribution in [0.15, 0.2) is 199 Å². The molecule has 0 unspecified atom stereocenters. The molecule has 0 aliphatic carbocycles. The van der Waals surface area contributed by atoms with Crippen LogP contribution in [0, 0.1) is 0 Å². The second kappa shape index (κ2) is 20.2. The molecule has 0 spiro atoms. The minimum atomic E-state index is -1.04. The van der Waals surface area contributed by atoms with Crippen molar-refractivity contribution >= 4 is 16.8 Å². The van der Waals surface area contributed by atoms with Crippen molar-refractivity contribution in [1.82, 2.24) is 0 Å². The molecule has 0 bridgehead atoms. The summed E-state index contributed by atoms with van der Waals surface area (Å²) in [5.74, 6) is -6.06. The molecule has 59 heavy (non-hydrogen) atoms. The second-order valence-corrected chi connectivity index (χ2v) is 13.4. The highest BCUT2D eigenvalue weighted by Gasteiger charge is 2.32. The Labute approximate surface area is 345 Å². The summed E-state index contributed by atoms with van der Waals surface area (Å²) in [5, 5.41) is 92.1. The maximum atomic E-state index is 12.0. The first kappa shape index (κ1) is 44.4. The van der Waals surface area contributed by atoms with Crippen LogP contribution >= 0.6 is 0 Å². The molecule has 9 nitrogen and oxygen atoms in total. The van der Waals surface area contributed by atoms with E-state index in [9.17, 15) is 40.9 Å². The lowest BCUT2D eigenvalue weighted by molar-refractivity contribution is 0.284. The summed E-state index contributed by atoms with van der Waals surface area (Å²) >= 11 is 0. The minimum Gasteiger partial charge on any atom is -0.508 e. The summed E-state index contributed by atoms with van der Waals surface area (Å²) in [6.45, 7) is 19.8. The number of allylic oxidation sites excluding steroid dienone is 10. The number of hydrogen-bond acceptors (Lipinski definition) is 9. The summed E-state index contributed by atoms with van der Waals surface area (Å²) in [6.07, 6.45) is 8.96. The van der Waals surface area contributed by atoms with Crippen molar-refractivity contribution in [3.8, 4) is 34.1 Å². The third-order valence-corrected chi connectivity index (χ3v) is 9.65. The molecule has 0 heterocycles. The number of nitrogens with zero attached hydrogens (tertiary/aromatic N) is 1. The van der Waals surface area contributed by atoms with Gasteiger partial charge in [-0.05, 0) is 76.5 Å². The van der Waals surface area contributed by atoms with Crippen LogP contribution in [-0.2, 0) is 0 Å². The van der Waals surface area contributed by atoms with Crippen molar-refractivity contribution in [3.05, 3.63) is 210 Å². The Morgan fingerprint density at radius 2 is 1.22 bits per heavy atom. The van der Waals surface area contributed by atoms with Crippen LogP contribution in [0.2, 0.25) is 0 Å². The fourth-order valence-electron chi connectivity index (χ4n) is 6.71. The second-order valence-electron chi connectivity index (χ2n) is 13.4. The zero-order valence-electron chi connectivity index (χ0n) is 33.5. The van der Waals surface area contributed by atoms with E-state index in [2.05, 4.69) is 26.3 Å². The standard InChI is InChI=1S/C50H51NO8/c1-8-21-34(9-2)39(11-4)31(5)29-51(44-49(58)47(56)43(48(57)50(44)59)38-26-19-14-20-27-38)41(30-52)45(54)46(55)42(33(7)53)35(10-3)28-40(37-24-17-13-18-25-37)32(6)36-22-15-12-16-23-36/h9-28,52-59H,2,4,6-8,29-30H2,1,3,5H3/b34-21-,35-10+,39-31+,40-28+,45-41-,46-42-. The van der Waals surface area contributed by atoms with E-state index in [0.717, 1.165) is 16.0 Å². The molecule has 0 radical (unpaired) electrons. The lowest BCUT2D eigenvalue weighted by Crippen LogP contribution is -2.29. The largest absolute Gasteiger partial charge is 0.508 e. The van der Waals surface area contributed by atoms with Crippen LogP contribution in [-0.4, -0.2) is 54.0 Å². The molecule has 0 atom stereocenters. The molecule has 4 aromatic rings. The maximum Gasteiger partial charge on any atom is 0.186 e. The molecule has 0 aliphatic heterocycles. The molecular formula is C50H51NO8. The van der Waals surface area contributed by atoms with Gasteiger partial charge in [0.25, 0.3) is 0 Å². The quantitative estimate of drug-likeness (QED) is 0.0225. The predicted molar refractivity (Wildman–Crippen MR) is 239 cm³/mol. The minimum absolute atomic E-state index is 0.194. The molecule has 0 saturated carbocycles. The number of rotatable bonds is 17. The first-order chi connectivity index (χ1) is 28.3. The van der Waals surface area contributed by atoms with Crippen molar-refractivity contribution < 1.29 is 40.9 Å². The van der Waals surface area contributed by atoms with Crippen LogP contribution in [0.25, 0.3) is 22.3 Å². The number of benzene rings is 4. The van der Waals surface area contributed by atoms with Gasteiger partial charge in [-0.2, -0.15) is 0 Å². The molecule has 8 N–H and O–H groups in total. The van der Waals surface area contributed by atoms with Gasteiger partial charge in [-0.1, -0.05) is 149 Å². The summed E-state index contributed by atoms with van der Waals surface area (Å²) < 4.78 is 0. The molecule has 0 saturated heterocycles. The number of aliphatic hydroxyl groups is 4. The van der Waals surface area contributed by atoms with Crippen LogP contribution in [0.5, 0.6) is 23.0 Å². The van der Waals surface area contributed by atoms with Gasteiger partial charge in [-0.25, -0.2) is 0 Å². The summed E-state index contributed by atoms with van der Waals surface area (Å²) in [7, 11) is 0. The Balaban J connectivity index is 2.09. The Morgan fingerprint density at radius 1 is 0.695 bits per heavy atom. The Hall–Kier alpha value is -7.36. The first-order valence-corrected chi connectivity index (χ1v) is 18.8. The van der Waals surface area contributed by atoms with E-state index in [-0.39, 0.29) is 28.8 Å². The SMILES string of the molecule is C=CC(=C/CC)/C(C=C)=C(\C)CN(/C(CO)=C(O)/C(O)=C(C(=C)O)/C(/C=C(\C(=C)c1ccccc1)c1ccccc1)=C/C)c1c(O)c(O)c(-c2ccccc2)c(O)c1O. The number of hydrogen-bond donors (Lipinski definition) is 8. The van der Waals surface area contributed by atoms with Crippen molar-refractivity contribution in [3.63, 3.8) is 0 Å². The molecule has 4 aromatic carbocycles. The number of aromatic hydroxyl groups is 4. The Morgan fingerprint density at radius 3 is 1.68 bits per heavy atom. The van der Waals surface area contributed by atoms with E-state index in [4.69, 9.17) is 0 Å². The van der Waals surface area contributed by atoms with E-state index in [1.54, 1.807) is 68.5 Å². The zero-order valence-corrected chi connectivity index (χ0v) is 33.5. The molecule has 4 rings (SSSR count). The van der Waals surface area contributed by atoms with Crippen molar-refractivity contribution in [1.29, 1.82) is 0 Å². The Bertz CT molecular complexity index is 2390. The average Bonchev–Trinajstić information content (AvgIpc) is 3.25. The van der Waals surface area contributed by atoms with Gasteiger partial charge in [0.2, 0.25) is 0 Å². The van der Waals surface area contributed by atoms with Gasteiger partial charge < -0.3 is 45.8 Å². The fraction of sp³-hybridized carbons (Fsp3) is 0.120. The highest BCUT2D eigenvalue weighted by molar-refractivity contribution is 6.05. The normalized spacial score (nSPS) is 13.5. The van der Waals surface area contributed by atoms with E-state index in [0.29, 0.717) is 34.3 Å². The van der Waals surface area contributed by atoms with Crippen molar-refractivity contribution in [2.24, 2.45) is 0 Å². The lowest BCUT2D eigenvalue weighted by atomic mass is 9.89. The van der Waals surface area contributed by atoms with Crippen LogP contribution < -0.4 is 4.90 Å². The number of aliphatic hydroxyl groups excluding tert-OH is 4. The topological polar surface area (TPSA) is 165 Å². The van der Waals surface area contributed by atoms with Gasteiger partial charge in [0.05, 0.1) is 23.4 Å². The third kappa shape index (κ3) is 9.61. The van der Waals surface area contributed by atoms with E-state index in [1.807, 2.05) is 73.7 Å². The smallest absolute Gasteiger partial charge is 0.186 e. The first-order valence-electron chi connectivity index (χ1n) is 18.8. The molecule has 0 aromatic heterocycles. The van der Waals surface area contributed by atoms with Gasteiger partial charge in [0, 0.05) is 6.54 Å². The molecule has 0 amide bonds. The molecular weight excluding hydrogens is 743 g/mol. The van der Waals surface area contributed by atoms with Crippen LogP contribution in [0.4, 0.5) is 5.69 Å². The van der Waals surface area contributed by atoms with Crippen LogP contribution in [0.3, 0.4) is 0 Å². The molecule has 304 valence electrons. The number of phenolic OH excluding ortho intramolecular Hbond substituents is 4. The van der Waals surface area contributed by atoms with E-state index in [1.165, 1.54) is 0 Å². The summed E-state index contributed by atoms with van der Waals surface area (Å²) in [4.78, 5) is 1.03. The molecule has 0 aliphatic rings. The number of anilines is 1. The summed E-state index contributed by atoms with van der Waals surface area (Å²) in [6, 6.07) is 26.8. The highest BCUT2D eigenvalue weighted by atomic mass is 16.3. The third-order valence-electron chi connectivity index (χ3n) is 9.65. The lowest BCUT2D eigenvalue weighted by Gasteiger charge is -2.31. The molecule has 0 fully saturated rings.